The third-order valence-electron chi connectivity index (χ3n) is 3.27. The van der Waals surface area contributed by atoms with Gasteiger partial charge < -0.3 is 5.32 Å². The summed E-state index contributed by atoms with van der Waals surface area (Å²) in [6.45, 7) is 1.75. The molecule has 1 N–H and O–H groups in total. The van der Waals surface area contributed by atoms with Gasteiger partial charge in [-0.25, -0.2) is 24.9 Å². The van der Waals surface area contributed by atoms with Crippen LogP contribution in [-0.4, -0.2) is 24.9 Å². The summed E-state index contributed by atoms with van der Waals surface area (Å²) in [6.07, 6.45) is 0.561. The van der Waals surface area contributed by atoms with Crippen LogP contribution in [0, 0.1) is 0 Å². The fraction of sp³-hybridized carbons (Fsp3) is 0.214. The summed E-state index contributed by atoms with van der Waals surface area (Å²) in [5.74, 6) is -0.694. The molecule has 0 saturated carbocycles. The Morgan fingerprint density at radius 2 is 1.75 bits per heavy atom. The van der Waals surface area contributed by atoms with E-state index < -0.39 is 12.0 Å². The van der Waals surface area contributed by atoms with Crippen LogP contribution in [0.25, 0.3) is 10.9 Å². The number of alkyl halides is 3. The first-order chi connectivity index (χ1) is 11.3. The molecule has 24 heavy (non-hydrogen) atoms. The number of halogens is 4. The van der Waals surface area contributed by atoms with Gasteiger partial charge in [-0.3, -0.25) is 0 Å². The minimum Gasteiger partial charge on any atom is -0.363 e. The van der Waals surface area contributed by atoms with Crippen LogP contribution in [0.2, 0.25) is 5.15 Å². The Kier molecular flexibility index (Phi) is 4.18. The lowest BCUT2D eigenvalue weighted by Crippen LogP contribution is -2.14. The molecule has 0 saturated heterocycles. The van der Waals surface area contributed by atoms with Crippen LogP contribution in [0.1, 0.15) is 24.4 Å². The Morgan fingerprint density at radius 1 is 1.04 bits per heavy atom. The van der Waals surface area contributed by atoms with E-state index in [1.165, 1.54) is 12.5 Å². The van der Waals surface area contributed by atoms with Crippen molar-refractivity contribution in [3.8, 4) is 0 Å². The summed E-state index contributed by atoms with van der Waals surface area (Å²) in [4.78, 5) is 18.9. The van der Waals surface area contributed by atoms with Crippen LogP contribution in [0.4, 0.5) is 19.0 Å². The van der Waals surface area contributed by atoms with E-state index in [4.69, 9.17) is 11.6 Å². The van der Waals surface area contributed by atoms with Gasteiger partial charge in [0, 0.05) is 23.3 Å². The van der Waals surface area contributed by atoms with Crippen molar-refractivity contribution in [3.05, 3.63) is 47.5 Å². The number of fused-ring (bicyclic) bond motifs is 1. The minimum absolute atomic E-state index is 0.283. The average molecular weight is 355 g/mol. The van der Waals surface area contributed by atoms with Gasteiger partial charge in [-0.15, -0.1) is 0 Å². The summed E-state index contributed by atoms with van der Waals surface area (Å²) in [7, 11) is 0. The Labute approximate surface area is 139 Å². The molecule has 0 amide bonds. The highest BCUT2D eigenvalue weighted by Gasteiger charge is 2.34. The van der Waals surface area contributed by atoms with Gasteiger partial charge in [0.05, 0.1) is 17.8 Å². The molecule has 6 nitrogen and oxygen atoms in total. The molecule has 0 aliphatic heterocycles. The monoisotopic (exact) mass is 354 g/mol. The van der Waals surface area contributed by atoms with E-state index >= 15 is 0 Å². The maximum Gasteiger partial charge on any atom is 0.451 e. The molecule has 0 aliphatic carbocycles. The molecule has 10 heteroatoms. The normalized spacial score (nSPS) is 13.0. The topological polar surface area (TPSA) is 76.5 Å². The lowest BCUT2D eigenvalue weighted by molar-refractivity contribution is -0.145. The standard InChI is InChI=1S/C14H10ClF3N6/c1-7(8-3-20-13(21-4-8)14(16,17)18)24-12-9-2-11(15)19-5-10(9)22-6-23-12/h2-7H,1H3,(H,22,23,24)/t7-/m1/s1. The van der Waals surface area contributed by atoms with Crippen molar-refractivity contribution in [3.63, 3.8) is 0 Å². The summed E-state index contributed by atoms with van der Waals surface area (Å²) < 4.78 is 37.5. The molecule has 0 unspecified atom stereocenters. The molecule has 1 atom stereocenters. The predicted octanol–water partition coefficient (Wildman–Crippen LogP) is 3.66. The molecule has 3 rings (SSSR count). The summed E-state index contributed by atoms with van der Waals surface area (Å²) in [5.41, 5.74) is 1.07. The first-order valence-corrected chi connectivity index (χ1v) is 7.14. The van der Waals surface area contributed by atoms with Crippen LogP contribution in [0.15, 0.2) is 31.0 Å². The van der Waals surface area contributed by atoms with E-state index in [2.05, 4.69) is 30.2 Å². The third-order valence-corrected chi connectivity index (χ3v) is 3.47. The molecule has 0 aromatic carbocycles. The molecule has 0 radical (unpaired) electrons. The highest BCUT2D eigenvalue weighted by Crippen LogP contribution is 2.27. The molecule has 0 bridgehead atoms. The Hall–Kier alpha value is -2.55. The van der Waals surface area contributed by atoms with Crippen LogP contribution < -0.4 is 5.32 Å². The number of hydrogen-bond donors (Lipinski definition) is 1. The van der Waals surface area contributed by atoms with Crippen molar-refractivity contribution < 1.29 is 13.2 Å². The molecule has 0 fully saturated rings. The van der Waals surface area contributed by atoms with E-state index in [1.807, 2.05) is 0 Å². The largest absolute Gasteiger partial charge is 0.451 e. The van der Waals surface area contributed by atoms with Gasteiger partial charge in [0.2, 0.25) is 5.82 Å². The summed E-state index contributed by atoms with van der Waals surface area (Å²) in [5, 5.41) is 4.02. The molecule has 3 aromatic heterocycles. The van der Waals surface area contributed by atoms with Crippen LogP contribution >= 0.6 is 11.6 Å². The fourth-order valence-corrected chi connectivity index (χ4v) is 2.20. The molecule has 3 heterocycles. The van der Waals surface area contributed by atoms with E-state index in [0.717, 1.165) is 12.4 Å². The zero-order valence-corrected chi connectivity index (χ0v) is 13.0. The molecule has 3 aromatic rings. The van der Waals surface area contributed by atoms with Crippen molar-refractivity contribution >= 4 is 28.3 Å². The van der Waals surface area contributed by atoms with E-state index in [-0.39, 0.29) is 11.2 Å². The second-order valence-corrected chi connectivity index (χ2v) is 5.34. The first kappa shape index (κ1) is 16.3. The second-order valence-electron chi connectivity index (χ2n) is 4.95. The van der Waals surface area contributed by atoms with Crippen LogP contribution in [0.3, 0.4) is 0 Å². The zero-order valence-electron chi connectivity index (χ0n) is 12.2. The van der Waals surface area contributed by atoms with Crippen molar-refractivity contribution in [1.82, 2.24) is 24.9 Å². The number of aromatic nitrogens is 5. The summed E-state index contributed by atoms with van der Waals surface area (Å²) in [6, 6.07) is 1.23. The lowest BCUT2D eigenvalue weighted by Gasteiger charge is -2.16. The van der Waals surface area contributed by atoms with Crippen LogP contribution in [-0.2, 0) is 6.18 Å². The van der Waals surface area contributed by atoms with E-state index in [0.29, 0.717) is 22.3 Å². The number of nitrogens with zero attached hydrogens (tertiary/aromatic N) is 5. The Morgan fingerprint density at radius 3 is 2.42 bits per heavy atom. The maximum absolute atomic E-state index is 12.5. The summed E-state index contributed by atoms with van der Waals surface area (Å²) >= 11 is 5.88. The number of pyridine rings is 1. The molecule has 124 valence electrons. The predicted molar refractivity (Wildman–Crippen MR) is 81.4 cm³/mol. The van der Waals surface area contributed by atoms with E-state index in [1.54, 1.807) is 13.0 Å². The average Bonchev–Trinajstić information content (AvgIpc) is 2.54. The SMILES string of the molecule is C[C@@H](Nc1ncnc2cnc(Cl)cc12)c1cnc(C(F)(F)F)nc1. The van der Waals surface area contributed by atoms with Gasteiger partial charge in [-0.2, -0.15) is 13.2 Å². The lowest BCUT2D eigenvalue weighted by atomic mass is 10.1. The van der Waals surface area contributed by atoms with Gasteiger partial charge in [0.1, 0.15) is 17.3 Å². The van der Waals surface area contributed by atoms with Crippen LogP contribution in [0.5, 0.6) is 0 Å². The molecular formula is C14H10ClF3N6. The minimum atomic E-state index is -4.57. The van der Waals surface area contributed by atoms with Gasteiger partial charge in [0.15, 0.2) is 0 Å². The van der Waals surface area contributed by atoms with Gasteiger partial charge >= 0.3 is 6.18 Å². The van der Waals surface area contributed by atoms with Crippen molar-refractivity contribution in [2.24, 2.45) is 0 Å². The van der Waals surface area contributed by atoms with Gasteiger partial charge in [0.25, 0.3) is 0 Å². The smallest absolute Gasteiger partial charge is 0.363 e. The number of rotatable bonds is 3. The molecule has 0 spiro atoms. The maximum atomic E-state index is 12.5. The number of anilines is 1. The highest BCUT2D eigenvalue weighted by atomic mass is 35.5. The molecular weight excluding hydrogens is 345 g/mol. The quantitative estimate of drug-likeness (QED) is 0.723. The first-order valence-electron chi connectivity index (χ1n) is 6.76. The molecule has 0 aliphatic rings. The van der Waals surface area contributed by atoms with Crippen molar-refractivity contribution in [2.75, 3.05) is 5.32 Å². The third kappa shape index (κ3) is 3.35. The zero-order chi connectivity index (χ0) is 17.3. The van der Waals surface area contributed by atoms with Crippen molar-refractivity contribution in [2.45, 2.75) is 19.1 Å². The highest BCUT2D eigenvalue weighted by molar-refractivity contribution is 6.30. The Bertz CT molecular complexity index is 869. The van der Waals surface area contributed by atoms with Gasteiger partial charge in [-0.05, 0) is 13.0 Å². The van der Waals surface area contributed by atoms with Crippen molar-refractivity contribution in [1.29, 1.82) is 0 Å². The fourth-order valence-electron chi connectivity index (χ4n) is 2.04. The van der Waals surface area contributed by atoms with Gasteiger partial charge in [-0.1, -0.05) is 11.6 Å². The second kappa shape index (κ2) is 6.16. The number of hydrogen-bond acceptors (Lipinski definition) is 6. The number of nitrogens with one attached hydrogen (secondary N) is 1. The Balaban J connectivity index is 1.87. The van der Waals surface area contributed by atoms with E-state index in [9.17, 15) is 13.2 Å².